The maximum Gasteiger partial charge on any atom is 0.332 e. The number of benzene rings is 1. The van der Waals surface area contributed by atoms with Crippen LogP contribution in [0.1, 0.15) is 10.5 Å². The molecule has 1 aromatic carbocycles. The van der Waals surface area contributed by atoms with Crippen LogP contribution in [0, 0.1) is 0 Å². The van der Waals surface area contributed by atoms with Crippen molar-refractivity contribution in [2.24, 2.45) is 14.1 Å². The Labute approximate surface area is 149 Å². The van der Waals surface area contributed by atoms with E-state index in [1.54, 1.807) is 6.08 Å². The molecule has 0 bridgehead atoms. The van der Waals surface area contributed by atoms with Gasteiger partial charge in [-0.05, 0) is 24.3 Å². The highest BCUT2D eigenvalue weighted by molar-refractivity contribution is 6.05. The smallest absolute Gasteiger partial charge is 0.303 e. The maximum atomic E-state index is 13.0. The molecule has 0 unspecified atom stereocenters. The SMILES string of the molecule is C=CCN(C(=O)c1ccc2c(=O)n(C)c(=O)n(C)c2n1)c1ccccc1. The summed E-state index contributed by atoms with van der Waals surface area (Å²) in [6.45, 7) is 4.00. The summed E-state index contributed by atoms with van der Waals surface area (Å²) in [6.07, 6.45) is 1.62. The summed E-state index contributed by atoms with van der Waals surface area (Å²) in [6, 6.07) is 12.2. The van der Waals surface area contributed by atoms with E-state index in [0.29, 0.717) is 12.2 Å². The first-order valence-electron chi connectivity index (χ1n) is 8.00. The van der Waals surface area contributed by atoms with Gasteiger partial charge < -0.3 is 4.90 Å². The minimum Gasteiger partial charge on any atom is -0.303 e. The number of hydrogen-bond donors (Lipinski definition) is 0. The van der Waals surface area contributed by atoms with Gasteiger partial charge in [0.2, 0.25) is 0 Å². The molecule has 0 aliphatic heterocycles. The van der Waals surface area contributed by atoms with Gasteiger partial charge in [-0.15, -0.1) is 6.58 Å². The van der Waals surface area contributed by atoms with Gasteiger partial charge in [0.05, 0.1) is 5.39 Å². The number of para-hydroxylation sites is 1. The zero-order valence-corrected chi connectivity index (χ0v) is 14.5. The third-order valence-electron chi connectivity index (χ3n) is 4.15. The van der Waals surface area contributed by atoms with Gasteiger partial charge in [0.25, 0.3) is 11.5 Å². The monoisotopic (exact) mass is 350 g/mol. The molecule has 26 heavy (non-hydrogen) atoms. The summed E-state index contributed by atoms with van der Waals surface area (Å²) in [4.78, 5) is 43.2. The molecule has 3 aromatic rings. The van der Waals surface area contributed by atoms with Gasteiger partial charge in [-0.1, -0.05) is 24.3 Å². The molecule has 0 fully saturated rings. The van der Waals surface area contributed by atoms with Crippen LogP contribution in [0.4, 0.5) is 5.69 Å². The molecular formula is C19H18N4O3. The van der Waals surface area contributed by atoms with Crippen LogP contribution in [0.5, 0.6) is 0 Å². The zero-order chi connectivity index (χ0) is 18.8. The lowest BCUT2D eigenvalue weighted by Crippen LogP contribution is -2.38. The molecule has 0 atom stereocenters. The molecule has 7 heteroatoms. The van der Waals surface area contributed by atoms with Crippen LogP contribution >= 0.6 is 0 Å². The Bertz CT molecular complexity index is 1110. The molecule has 0 aliphatic carbocycles. The number of hydrogen-bond acceptors (Lipinski definition) is 4. The highest BCUT2D eigenvalue weighted by Gasteiger charge is 2.19. The van der Waals surface area contributed by atoms with Crippen LogP contribution < -0.4 is 16.1 Å². The second-order valence-electron chi connectivity index (χ2n) is 5.81. The van der Waals surface area contributed by atoms with E-state index < -0.39 is 11.2 Å². The number of amides is 1. The Morgan fingerprint density at radius 2 is 1.81 bits per heavy atom. The summed E-state index contributed by atoms with van der Waals surface area (Å²) < 4.78 is 2.27. The molecule has 0 spiro atoms. The van der Waals surface area contributed by atoms with E-state index >= 15 is 0 Å². The summed E-state index contributed by atoms with van der Waals surface area (Å²) in [5, 5.41) is 0.279. The molecule has 2 aromatic heterocycles. The van der Waals surface area contributed by atoms with Gasteiger partial charge in [-0.25, -0.2) is 9.78 Å². The average molecular weight is 350 g/mol. The van der Waals surface area contributed by atoms with E-state index in [0.717, 1.165) is 4.57 Å². The van der Waals surface area contributed by atoms with Crippen molar-refractivity contribution < 1.29 is 4.79 Å². The topological polar surface area (TPSA) is 77.2 Å². The number of nitrogens with zero attached hydrogens (tertiary/aromatic N) is 4. The fourth-order valence-electron chi connectivity index (χ4n) is 2.75. The van der Waals surface area contributed by atoms with Gasteiger partial charge in [0.15, 0.2) is 0 Å². The first-order chi connectivity index (χ1) is 12.5. The highest BCUT2D eigenvalue weighted by atomic mass is 16.2. The Morgan fingerprint density at radius 3 is 2.46 bits per heavy atom. The van der Waals surface area contributed by atoms with Crippen LogP contribution in [0.25, 0.3) is 11.0 Å². The highest BCUT2D eigenvalue weighted by Crippen LogP contribution is 2.17. The van der Waals surface area contributed by atoms with Crippen molar-refractivity contribution in [2.45, 2.75) is 0 Å². The first-order valence-corrected chi connectivity index (χ1v) is 8.00. The number of anilines is 1. The molecule has 2 heterocycles. The van der Waals surface area contributed by atoms with Gasteiger partial charge in [0, 0.05) is 26.3 Å². The van der Waals surface area contributed by atoms with Crippen LogP contribution in [-0.2, 0) is 14.1 Å². The molecule has 0 saturated heterocycles. The summed E-state index contributed by atoms with van der Waals surface area (Å²) in [5.74, 6) is -0.342. The quantitative estimate of drug-likeness (QED) is 0.668. The fourth-order valence-corrected chi connectivity index (χ4v) is 2.75. The largest absolute Gasteiger partial charge is 0.332 e. The van der Waals surface area contributed by atoms with Crippen molar-refractivity contribution in [3.05, 3.63) is 81.7 Å². The lowest BCUT2D eigenvalue weighted by atomic mass is 10.2. The minimum absolute atomic E-state index is 0.145. The number of aryl methyl sites for hydroxylation is 1. The van der Waals surface area contributed by atoms with Crippen molar-refractivity contribution in [3.8, 4) is 0 Å². The van der Waals surface area contributed by atoms with E-state index in [9.17, 15) is 14.4 Å². The lowest BCUT2D eigenvalue weighted by Gasteiger charge is -2.21. The van der Waals surface area contributed by atoms with Crippen molar-refractivity contribution in [3.63, 3.8) is 0 Å². The van der Waals surface area contributed by atoms with E-state index in [1.165, 1.54) is 35.7 Å². The summed E-state index contributed by atoms with van der Waals surface area (Å²) in [7, 11) is 2.93. The van der Waals surface area contributed by atoms with Gasteiger partial charge in [-0.3, -0.25) is 18.7 Å². The van der Waals surface area contributed by atoms with Crippen LogP contribution in [0.15, 0.2) is 64.7 Å². The van der Waals surface area contributed by atoms with Crippen molar-refractivity contribution in [1.29, 1.82) is 0 Å². The second kappa shape index (κ2) is 6.79. The molecule has 132 valence electrons. The molecule has 0 saturated carbocycles. The zero-order valence-electron chi connectivity index (χ0n) is 14.5. The molecule has 1 amide bonds. The summed E-state index contributed by atoms with van der Waals surface area (Å²) >= 11 is 0. The normalized spacial score (nSPS) is 10.7. The molecule has 0 aliphatic rings. The Balaban J connectivity index is 2.15. The van der Waals surface area contributed by atoms with Crippen LogP contribution in [0.2, 0.25) is 0 Å². The number of carbonyl (C=O) groups excluding carboxylic acids is 1. The standard InChI is InChI=1S/C19H18N4O3/c1-4-12-23(13-8-6-5-7-9-13)18(25)15-11-10-14-16(20-15)21(2)19(26)22(3)17(14)24/h4-11H,1,12H2,2-3H3. The molecule has 0 radical (unpaired) electrons. The Hall–Kier alpha value is -3.48. The average Bonchev–Trinajstić information content (AvgIpc) is 2.68. The number of aromatic nitrogens is 3. The number of fused-ring (bicyclic) bond motifs is 1. The van der Waals surface area contributed by atoms with Gasteiger partial charge in [0.1, 0.15) is 11.3 Å². The van der Waals surface area contributed by atoms with E-state index in [2.05, 4.69) is 11.6 Å². The van der Waals surface area contributed by atoms with Crippen LogP contribution in [0.3, 0.4) is 0 Å². The third kappa shape index (κ3) is 2.83. The third-order valence-corrected chi connectivity index (χ3v) is 4.15. The minimum atomic E-state index is -0.495. The second-order valence-corrected chi connectivity index (χ2v) is 5.81. The molecule has 0 N–H and O–H groups in total. The van der Waals surface area contributed by atoms with Crippen LogP contribution in [-0.4, -0.2) is 26.6 Å². The molecular weight excluding hydrogens is 332 g/mol. The molecule has 3 rings (SSSR count). The predicted molar refractivity (Wildman–Crippen MR) is 101 cm³/mol. The maximum absolute atomic E-state index is 13.0. The van der Waals surface area contributed by atoms with E-state index in [1.807, 2.05) is 30.3 Å². The Kier molecular flexibility index (Phi) is 4.53. The van der Waals surface area contributed by atoms with Gasteiger partial charge in [-0.2, -0.15) is 0 Å². The van der Waals surface area contributed by atoms with Gasteiger partial charge >= 0.3 is 5.69 Å². The summed E-state index contributed by atoms with van der Waals surface area (Å²) in [5.41, 5.74) is 0.0883. The molecule has 7 nitrogen and oxygen atoms in total. The van der Waals surface area contributed by atoms with Crippen molar-refractivity contribution in [1.82, 2.24) is 14.1 Å². The number of rotatable bonds is 4. The van der Waals surface area contributed by atoms with Crippen molar-refractivity contribution in [2.75, 3.05) is 11.4 Å². The van der Waals surface area contributed by atoms with E-state index in [-0.39, 0.29) is 22.6 Å². The fraction of sp³-hybridized carbons (Fsp3) is 0.158. The first kappa shape index (κ1) is 17.3. The predicted octanol–water partition coefficient (Wildman–Crippen LogP) is 1.46. The number of pyridine rings is 1. The van der Waals surface area contributed by atoms with E-state index in [4.69, 9.17) is 0 Å². The Morgan fingerprint density at radius 1 is 1.12 bits per heavy atom. The van der Waals surface area contributed by atoms with Crippen molar-refractivity contribution >= 4 is 22.6 Å². The lowest BCUT2D eigenvalue weighted by molar-refractivity contribution is 0.0985. The number of carbonyl (C=O) groups is 1.